The zero-order chi connectivity index (χ0) is 18.4. The minimum atomic E-state index is -0.529. The summed E-state index contributed by atoms with van der Waals surface area (Å²) in [6.45, 7) is 3.15. The summed E-state index contributed by atoms with van der Waals surface area (Å²) in [5.74, 6) is 0.299. The highest BCUT2D eigenvalue weighted by molar-refractivity contribution is 5.76. The molecular formula is C21H26N2O3. The van der Waals surface area contributed by atoms with E-state index in [1.807, 2.05) is 30.3 Å². The summed E-state index contributed by atoms with van der Waals surface area (Å²) in [6, 6.07) is 17.1. The van der Waals surface area contributed by atoms with Crippen LogP contribution in [-0.2, 0) is 17.8 Å². The summed E-state index contributed by atoms with van der Waals surface area (Å²) >= 11 is 0. The van der Waals surface area contributed by atoms with Gasteiger partial charge in [0.25, 0.3) is 0 Å². The number of amides is 1. The maximum Gasteiger partial charge on any atom is 0.223 e. The first-order valence-electron chi connectivity index (χ1n) is 9.10. The number of β-amino-alcohol motifs (C(OH)–C–C–N with tert-alkyl or cyclic N) is 1. The third-order valence-corrected chi connectivity index (χ3v) is 4.75. The lowest BCUT2D eigenvalue weighted by molar-refractivity contribution is -0.132. The van der Waals surface area contributed by atoms with Crippen molar-refractivity contribution < 1.29 is 15.0 Å². The van der Waals surface area contributed by atoms with E-state index in [9.17, 15) is 15.0 Å². The Hall–Kier alpha value is -2.37. The molecule has 0 spiro atoms. The van der Waals surface area contributed by atoms with Crippen LogP contribution in [0.25, 0.3) is 0 Å². The molecule has 138 valence electrons. The molecule has 0 radical (unpaired) electrons. The normalized spacial score (nSPS) is 18.5. The number of hydrogen-bond acceptors (Lipinski definition) is 4. The Kier molecular flexibility index (Phi) is 6.26. The average Bonchev–Trinajstić information content (AvgIpc) is 2.83. The fraction of sp³-hybridized carbons (Fsp3) is 0.381. The summed E-state index contributed by atoms with van der Waals surface area (Å²) in [6.07, 6.45) is 0.522. The largest absolute Gasteiger partial charge is 0.508 e. The second kappa shape index (κ2) is 8.83. The van der Waals surface area contributed by atoms with Crippen molar-refractivity contribution in [2.45, 2.75) is 25.5 Å². The number of hydrogen-bond donors (Lipinski definition) is 2. The lowest BCUT2D eigenvalue weighted by atomic mass is 10.1. The smallest absolute Gasteiger partial charge is 0.223 e. The number of aliphatic hydroxyl groups excluding tert-OH is 1. The van der Waals surface area contributed by atoms with E-state index in [0.29, 0.717) is 32.5 Å². The van der Waals surface area contributed by atoms with Crippen molar-refractivity contribution in [2.75, 3.05) is 26.2 Å². The van der Waals surface area contributed by atoms with E-state index < -0.39 is 6.10 Å². The standard InChI is InChI=1S/C21H26N2O3/c24-19-9-6-17(7-10-19)8-11-21(26)23-13-12-22(15-20(25)16-23)14-18-4-2-1-3-5-18/h1-7,9-10,20,24-25H,8,11-16H2/t20-/m1/s1. The van der Waals surface area contributed by atoms with Crippen LogP contribution in [0.4, 0.5) is 0 Å². The molecule has 1 aliphatic rings. The second-order valence-corrected chi connectivity index (χ2v) is 6.88. The quantitative estimate of drug-likeness (QED) is 0.862. The zero-order valence-electron chi connectivity index (χ0n) is 14.9. The number of benzene rings is 2. The maximum atomic E-state index is 12.5. The van der Waals surface area contributed by atoms with Crippen molar-refractivity contribution in [1.82, 2.24) is 9.80 Å². The molecule has 1 fully saturated rings. The van der Waals surface area contributed by atoms with Crippen LogP contribution in [0.3, 0.4) is 0 Å². The first kappa shape index (κ1) is 18.4. The first-order valence-corrected chi connectivity index (χ1v) is 9.10. The molecule has 5 heteroatoms. The molecule has 26 heavy (non-hydrogen) atoms. The number of phenols is 1. The Bertz CT molecular complexity index is 703. The Morgan fingerprint density at radius 1 is 0.962 bits per heavy atom. The highest BCUT2D eigenvalue weighted by Crippen LogP contribution is 2.14. The summed E-state index contributed by atoms with van der Waals surface area (Å²) in [5, 5.41) is 19.6. The Balaban J connectivity index is 1.52. The minimum absolute atomic E-state index is 0.0682. The predicted octanol–water partition coefficient (Wildman–Crippen LogP) is 2.03. The number of carbonyl (C=O) groups is 1. The van der Waals surface area contributed by atoms with Crippen molar-refractivity contribution in [3.63, 3.8) is 0 Å². The lowest BCUT2D eigenvalue weighted by Gasteiger charge is -2.22. The molecule has 3 rings (SSSR count). The van der Waals surface area contributed by atoms with Crippen molar-refractivity contribution in [3.05, 3.63) is 65.7 Å². The van der Waals surface area contributed by atoms with Gasteiger partial charge in [0.15, 0.2) is 0 Å². The molecule has 0 saturated carbocycles. The van der Waals surface area contributed by atoms with E-state index in [0.717, 1.165) is 18.7 Å². The van der Waals surface area contributed by atoms with Gasteiger partial charge in [0.05, 0.1) is 6.10 Å². The molecule has 2 aromatic carbocycles. The summed E-state index contributed by atoms with van der Waals surface area (Å²) in [7, 11) is 0. The number of aliphatic hydroxyl groups is 1. The van der Waals surface area contributed by atoms with Gasteiger partial charge in [-0.1, -0.05) is 42.5 Å². The van der Waals surface area contributed by atoms with Crippen LogP contribution in [0.15, 0.2) is 54.6 Å². The summed E-state index contributed by atoms with van der Waals surface area (Å²) < 4.78 is 0. The zero-order valence-corrected chi connectivity index (χ0v) is 14.9. The molecule has 0 aliphatic carbocycles. The van der Waals surface area contributed by atoms with E-state index in [-0.39, 0.29) is 11.7 Å². The third-order valence-electron chi connectivity index (χ3n) is 4.75. The van der Waals surface area contributed by atoms with Gasteiger partial charge in [-0.15, -0.1) is 0 Å². The molecule has 1 atom stereocenters. The molecular weight excluding hydrogens is 328 g/mol. The van der Waals surface area contributed by atoms with Crippen molar-refractivity contribution in [1.29, 1.82) is 0 Å². The number of nitrogens with zero attached hydrogens (tertiary/aromatic N) is 2. The molecule has 0 aromatic heterocycles. The van der Waals surface area contributed by atoms with Crippen molar-refractivity contribution in [3.8, 4) is 5.75 Å². The molecule has 2 N–H and O–H groups in total. The van der Waals surface area contributed by atoms with Gasteiger partial charge in [0.1, 0.15) is 5.75 Å². The lowest BCUT2D eigenvalue weighted by Crippen LogP contribution is -2.37. The number of aryl methyl sites for hydroxylation is 1. The Labute approximate surface area is 154 Å². The van der Waals surface area contributed by atoms with Gasteiger partial charge < -0.3 is 15.1 Å². The molecule has 1 amide bonds. The van der Waals surface area contributed by atoms with Crippen LogP contribution < -0.4 is 0 Å². The molecule has 0 unspecified atom stereocenters. The van der Waals surface area contributed by atoms with Gasteiger partial charge in [-0.25, -0.2) is 0 Å². The van der Waals surface area contributed by atoms with Crippen molar-refractivity contribution >= 4 is 5.91 Å². The van der Waals surface area contributed by atoms with Gasteiger partial charge in [-0.3, -0.25) is 9.69 Å². The van der Waals surface area contributed by atoms with E-state index in [2.05, 4.69) is 17.0 Å². The number of aromatic hydroxyl groups is 1. The van der Waals surface area contributed by atoms with E-state index >= 15 is 0 Å². The third kappa shape index (κ3) is 5.31. The highest BCUT2D eigenvalue weighted by Gasteiger charge is 2.24. The van der Waals surface area contributed by atoms with E-state index in [4.69, 9.17) is 0 Å². The van der Waals surface area contributed by atoms with Crippen molar-refractivity contribution in [2.24, 2.45) is 0 Å². The molecule has 1 aliphatic heterocycles. The molecule has 1 heterocycles. The molecule has 2 aromatic rings. The monoisotopic (exact) mass is 354 g/mol. The maximum absolute atomic E-state index is 12.5. The highest BCUT2D eigenvalue weighted by atomic mass is 16.3. The van der Waals surface area contributed by atoms with Gasteiger partial charge in [0.2, 0.25) is 5.91 Å². The van der Waals surface area contributed by atoms with Gasteiger partial charge in [-0.2, -0.15) is 0 Å². The Morgan fingerprint density at radius 3 is 2.42 bits per heavy atom. The molecule has 1 saturated heterocycles. The molecule has 5 nitrogen and oxygen atoms in total. The second-order valence-electron chi connectivity index (χ2n) is 6.88. The van der Waals surface area contributed by atoms with Crippen LogP contribution in [0, 0.1) is 0 Å². The van der Waals surface area contributed by atoms with E-state index in [1.54, 1.807) is 17.0 Å². The van der Waals surface area contributed by atoms with Crippen LogP contribution in [0.1, 0.15) is 17.5 Å². The van der Waals surface area contributed by atoms with Gasteiger partial charge >= 0.3 is 0 Å². The number of phenolic OH excluding ortho intramolecular Hbond substituents is 1. The predicted molar refractivity (Wildman–Crippen MR) is 101 cm³/mol. The van der Waals surface area contributed by atoms with Gasteiger partial charge in [-0.05, 0) is 29.7 Å². The van der Waals surface area contributed by atoms with Crippen LogP contribution in [0.2, 0.25) is 0 Å². The Morgan fingerprint density at radius 2 is 1.69 bits per heavy atom. The van der Waals surface area contributed by atoms with Crippen LogP contribution in [0.5, 0.6) is 5.75 Å². The van der Waals surface area contributed by atoms with Crippen LogP contribution in [-0.4, -0.2) is 58.2 Å². The average molecular weight is 354 g/mol. The topological polar surface area (TPSA) is 64.0 Å². The summed E-state index contributed by atoms with van der Waals surface area (Å²) in [4.78, 5) is 16.5. The van der Waals surface area contributed by atoms with Gasteiger partial charge in [0, 0.05) is 39.1 Å². The number of carbonyl (C=O) groups excluding carboxylic acids is 1. The first-order chi connectivity index (χ1) is 12.6. The molecule has 0 bridgehead atoms. The number of rotatable bonds is 5. The van der Waals surface area contributed by atoms with E-state index in [1.165, 1.54) is 5.56 Å². The summed E-state index contributed by atoms with van der Waals surface area (Å²) in [5.41, 5.74) is 2.24. The fourth-order valence-corrected chi connectivity index (χ4v) is 3.34. The minimum Gasteiger partial charge on any atom is -0.508 e. The fourth-order valence-electron chi connectivity index (χ4n) is 3.34. The SMILES string of the molecule is O=C(CCc1ccc(O)cc1)N1CCN(Cc2ccccc2)C[C@@H](O)C1. The van der Waals surface area contributed by atoms with Crippen LogP contribution >= 0.6 is 0 Å².